The van der Waals surface area contributed by atoms with Crippen LogP contribution in [0.3, 0.4) is 0 Å². The third kappa shape index (κ3) is 5.45. The van der Waals surface area contributed by atoms with Gasteiger partial charge in [0.25, 0.3) is 0 Å². The van der Waals surface area contributed by atoms with E-state index in [-0.39, 0.29) is 0 Å². The van der Waals surface area contributed by atoms with E-state index in [0.29, 0.717) is 5.92 Å². The Morgan fingerprint density at radius 1 is 0.963 bits per heavy atom. The predicted molar refractivity (Wildman–Crippen MR) is 111 cm³/mol. The Balaban J connectivity index is 1.56. The molecule has 0 aliphatic rings. The third-order valence-electron chi connectivity index (χ3n) is 4.37. The monoisotopic (exact) mass is 362 g/mol. The van der Waals surface area contributed by atoms with Crippen LogP contribution in [-0.2, 0) is 6.42 Å². The quantitative estimate of drug-likeness (QED) is 0.590. The second-order valence-corrected chi connectivity index (χ2v) is 6.72. The van der Waals surface area contributed by atoms with E-state index in [2.05, 4.69) is 70.8 Å². The van der Waals surface area contributed by atoms with Gasteiger partial charge in [0.15, 0.2) is 0 Å². The second-order valence-electron chi connectivity index (χ2n) is 6.72. The minimum absolute atomic E-state index is 0.526. The van der Waals surface area contributed by atoms with E-state index in [0.717, 1.165) is 36.0 Å². The van der Waals surface area contributed by atoms with Gasteiger partial charge in [-0.25, -0.2) is 9.97 Å². The first-order valence-corrected chi connectivity index (χ1v) is 9.20. The number of benzene rings is 2. The molecule has 1 heterocycles. The molecule has 27 heavy (non-hydrogen) atoms. The number of nitrogens with zero attached hydrogens (tertiary/aromatic N) is 2. The van der Waals surface area contributed by atoms with Crippen molar-refractivity contribution in [1.82, 2.24) is 9.97 Å². The molecule has 2 aromatic carbocycles. The standard InChI is InChI=1S/C22H26N4O/c1-16(2)18-7-9-19(10-8-18)26-22-14-21(24-15-25-22)23-12-11-17-5-4-6-20(13-17)27-3/h4-10,13-16H,11-12H2,1-3H3,(H2,23,24,25,26). The molecule has 0 aliphatic carbocycles. The summed E-state index contributed by atoms with van der Waals surface area (Å²) < 4.78 is 5.26. The van der Waals surface area contributed by atoms with Crippen molar-refractivity contribution in [2.75, 3.05) is 24.3 Å². The molecule has 140 valence electrons. The van der Waals surface area contributed by atoms with Crippen LogP contribution in [0.1, 0.15) is 30.9 Å². The number of rotatable bonds is 8. The zero-order chi connectivity index (χ0) is 19.1. The fraction of sp³-hybridized carbons (Fsp3) is 0.273. The molecule has 0 unspecified atom stereocenters. The zero-order valence-corrected chi connectivity index (χ0v) is 16.1. The molecule has 1 aromatic heterocycles. The van der Waals surface area contributed by atoms with Gasteiger partial charge in [-0.05, 0) is 47.7 Å². The number of methoxy groups -OCH3 is 1. The van der Waals surface area contributed by atoms with E-state index < -0.39 is 0 Å². The lowest BCUT2D eigenvalue weighted by molar-refractivity contribution is 0.414. The Hall–Kier alpha value is -3.08. The van der Waals surface area contributed by atoms with Gasteiger partial charge in [0, 0.05) is 18.3 Å². The van der Waals surface area contributed by atoms with E-state index in [1.807, 2.05) is 18.2 Å². The molecule has 0 atom stereocenters. The number of ether oxygens (including phenoxy) is 1. The van der Waals surface area contributed by atoms with Crippen LogP contribution in [0, 0.1) is 0 Å². The van der Waals surface area contributed by atoms with Crippen LogP contribution >= 0.6 is 0 Å². The number of hydrogen-bond acceptors (Lipinski definition) is 5. The average molecular weight is 362 g/mol. The molecular weight excluding hydrogens is 336 g/mol. The van der Waals surface area contributed by atoms with Crippen molar-refractivity contribution >= 4 is 17.3 Å². The van der Waals surface area contributed by atoms with Crippen LogP contribution < -0.4 is 15.4 Å². The Bertz CT molecular complexity index is 862. The normalized spacial score (nSPS) is 10.7. The molecule has 0 fully saturated rings. The molecule has 3 aromatic rings. The molecule has 5 heteroatoms. The predicted octanol–water partition coefficient (Wildman–Crippen LogP) is 5.01. The van der Waals surface area contributed by atoms with E-state index in [1.54, 1.807) is 13.4 Å². The lowest BCUT2D eigenvalue weighted by atomic mass is 10.0. The Morgan fingerprint density at radius 3 is 2.48 bits per heavy atom. The lowest BCUT2D eigenvalue weighted by Crippen LogP contribution is -2.07. The summed E-state index contributed by atoms with van der Waals surface area (Å²) in [5, 5.41) is 6.67. The molecule has 0 amide bonds. The maximum Gasteiger partial charge on any atom is 0.135 e. The summed E-state index contributed by atoms with van der Waals surface area (Å²) in [6.07, 6.45) is 2.46. The first-order chi connectivity index (χ1) is 13.1. The van der Waals surface area contributed by atoms with E-state index >= 15 is 0 Å². The summed E-state index contributed by atoms with van der Waals surface area (Å²) in [6.45, 7) is 5.17. The Labute approximate surface area is 160 Å². The molecule has 0 bridgehead atoms. The van der Waals surface area contributed by atoms with Crippen molar-refractivity contribution in [3.05, 3.63) is 72.1 Å². The smallest absolute Gasteiger partial charge is 0.135 e. The van der Waals surface area contributed by atoms with Gasteiger partial charge in [0.2, 0.25) is 0 Å². The summed E-state index contributed by atoms with van der Waals surface area (Å²) in [6, 6.07) is 18.5. The van der Waals surface area contributed by atoms with Crippen molar-refractivity contribution in [3.63, 3.8) is 0 Å². The van der Waals surface area contributed by atoms with Gasteiger partial charge in [-0.15, -0.1) is 0 Å². The van der Waals surface area contributed by atoms with Crippen molar-refractivity contribution in [1.29, 1.82) is 0 Å². The van der Waals surface area contributed by atoms with Crippen molar-refractivity contribution in [3.8, 4) is 5.75 Å². The minimum Gasteiger partial charge on any atom is -0.497 e. The summed E-state index contributed by atoms with van der Waals surface area (Å²) in [5.74, 6) is 2.98. The third-order valence-corrected chi connectivity index (χ3v) is 4.37. The number of aromatic nitrogens is 2. The van der Waals surface area contributed by atoms with E-state index in [1.165, 1.54) is 11.1 Å². The fourth-order valence-electron chi connectivity index (χ4n) is 2.78. The molecule has 0 saturated carbocycles. The van der Waals surface area contributed by atoms with Gasteiger partial charge < -0.3 is 15.4 Å². The SMILES string of the molecule is COc1cccc(CCNc2cc(Nc3ccc(C(C)C)cc3)ncn2)c1. The van der Waals surface area contributed by atoms with Gasteiger partial charge in [0.05, 0.1) is 7.11 Å². The van der Waals surface area contributed by atoms with Gasteiger partial charge >= 0.3 is 0 Å². The summed E-state index contributed by atoms with van der Waals surface area (Å²) in [5.41, 5.74) is 3.56. The number of nitrogens with one attached hydrogen (secondary N) is 2. The maximum absolute atomic E-state index is 5.26. The Kier molecular flexibility index (Phi) is 6.26. The summed E-state index contributed by atoms with van der Waals surface area (Å²) in [7, 11) is 1.68. The molecule has 5 nitrogen and oxygen atoms in total. The van der Waals surface area contributed by atoms with Gasteiger partial charge in [-0.3, -0.25) is 0 Å². The highest BCUT2D eigenvalue weighted by Gasteiger charge is 2.02. The maximum atomic E-state index is 5.26. The molecule has 0 spiro atoms. The molecule has 0 aliphatic heterocycles. The molecular formula is C22H26N4O. The van der Waals surface area contributed by atoms with E-state index in [9.17, 15) is 0 Å². The van der Waals surface area contributed by atoms with Crippen molar-refractivity contribution in [2.24, 2.45) is 0 Å². The largest absolute Gasteiger partial charge is 0.497 e. The number of anilines is 3. The molecule has 2 N–H and O–H groups in total. The zero-order valence-electron chi connectivity index (χ0n) is 16.1. The van der Waals surface area contributed by atoms with Crippen molar-refractivity contribution < 1.29 is 4.74 Å². The second kappa shape index (κ2) is 9.03. The van der Waals surface area contributed by atoms with Gasteiger partial charge in [-0.1, -0.05) is 38.1 Å². The van der Waals surface area contributed by atoms with E-state index in [4.69, 9.17) is 4.74 Å². The summed E-state index contributed by atoms with van der Waals surface area (Å²) >= 11 is 0. The Morgan fingerprint density at radius 2 is 1.74 bits per heavy atom. The van der Waals surface area contributed by atoms with Crippen LogP contribution in [0.15, 0.2) is 60.9 Å². The van der Waals surface area contributed by atoms with Gasteiger partial charge in [-0.2, -0.15) is 0 Å². The molecule has 0 saturated heterocycles. The van der Waals surface area contributed by atoms with Crippen LogP contribution in [0.25, 0.3) is 0 Å². The van der Waals surface area contributed by atoms with Crippen LogP contribution in [-0.4, -0.2) is 23.6 Å². The van der Waals surface area contributed by atoms with Gasteiger partial charge in [0.1, 0.15) is 23.7 Å². The van der Waals surface area contributed by atoms with Crippen LogP contribution in [0.4, 0.5) is 17.3 Å². The lowest BCUT2D eigenvalue weighted by Gasteiger charge is -2.10. The van der Waals surface area contributed by atoms with Crippen LogP contribution in [0.2, 0.25) is 0 Å². The molecule has 3 rings (SSSR count). The molecule has 0 radical (unpaired) electrons. The highest BCUT2D eigenvalue weighted by Crippen LogP contribution is 2.20. The van der Waals surface area contributed by atoms with Crippen molar-refractivity contribution in [2.45, 2.75) is 26.2 Å². The highest BCUT2D eigenvalue weighted by atomic mass is 16.5. The number of hydrogen-bond donors (Lipinski definition) is 2. The first kappa shape index (κ1) is 18.7. The highest BCUT2D eigenvalue weighted by molar-refractivity contribution is 5.59. The summed E-state index contributed by atoms with van der Waals surface area (Å²) in [4.78, 5) is 8.60. The fourth-order valence-corrected chi connectivity index (χ4v) is 2.78. The topological polar surface area (TPSA) is 59.1 Å². The van der Waals surface area contributed by atoms with Crippen LogP contribution in [0.5, 0.6) is 5.75 Å². The first-order valence-electron chi connectivity index (χ1n) is 9.20. The minimum atomic E-state index is 0.526. The average Bonchev–Trinajstić information content (AvgIpc) is 2.69.